The molecule has 193 valence electrons. The molecule has 0 spiro atoms. The van der Waals surface area contributed by atoms with Crippen molar-refractivity contribution < 1.29 is 127 Å². The molecular formula is C24H29N3O6PY3-3. The number of nitrogens with two attached hydrogens (primary N) is 2. The number of ketones is 1. The van der Waals surface area contributed by atoms with Gasteiger partial charge in [-0.2, -0.15) is 18.2 Å². The number of hydrogen-bond acceptors (Lipinski definition) is 7. The van der Waals surface area contributed by atoms with E-state index in [-0.39, 0.29) is 121 Å². The van der Waals surface area contributed by atoms with E-state index in [1.165, 1.54) is 12.1 Å². The fraction of sp³-hybridized carbons (Fsp3) is 0.250. The first-order valence-corrected chi connectivity index (χ1v) is 11.5. The van der Waals surface area contributed by atoms with Gasteiger partial charge in [0.15, 0.2) is 0 Å². The first-order valence-electron chi connectivity index (χ1n) is 9.96. The predicted molar refractivity (Wildman–Crippen MR) is 132 cm³/mol. The molecule has 0 aliphatic heterocycles. The van der Waals surface area contributed by atoms with Crippen molar-refractivity contribution in [2.24, 2.45) is 0 Å². The zero-order valence-electron chi connectivity index (χ0n) is 21.6. The molecule has 3 radical (unpaired) electrons. The number of carbonyl (C=O) groups is 1. The minimum Gasteiger partial charge on any atom is -0.565 e. The Hall–Kier alpha value is -0.0783. The number of nitrogen functional groups attached to an aromatic ring is 2. The second kappa shape index (κ2) is 18.3. The van der Waals surface area contributed by atoms with Gasteiger partial charge in [-0.25, -0.2) is 4.57 Å². The molecule has 0 fully saturated rings. The van der Waals surface area contributed by atoms with Crippen LogP contribution >= 0.6 is 7.82 Å². The summed E-state index contributed by atoms with van der Waals surface area (Å²) in [5, 5.41) is 16.4. The van der Waals surface area contributed by atoms with E-state index in [1.54, 1.807) is 40.7 Å². The van der Waals surface area contributed by atoms with Crippen molar-refractivity contribution in [2.45, 2.75) is 41.5 Å². The monoisotopic (exact) mass is 753 g/mol. The smallest absolute Gasteiger partial charge is 0.512 e. The molecule has 0 bridgehead atoms. The SMILES string of the molecule is CC1=[C-]C(=N)C=C(C)C1=O.Cc1[c-]c(N)cc(C)c1O.Cc1[c-]c(N)cc(C)c1OP(=O)(O)O.[Y].[Y].[Y]. The van der Waals surface area contributed by atoms with E-state index >= 15 is 0 Å². The summed E-state index contributed by atoms with van der Waals surface area (Å²) >= 11 is 0. The van der Waals surface area contributed by atoms with Crippen LogP contribution in [0.1, 0.15) is 36.1 Å². The third kappa shape index (κ3) is 14.8. The van der Waals surface area contributed by atoms with Crippen molar-refractivity contribution in [3.8, 4) is 11.5 Å². The number of anilines is 2. The zero-order chi connectivity index (χ0) is 26.4. The topological polar surface area (TPSA) is 180 Å². The summed E-state index contributed by atoms with van der Waals surface area (Å²) in [7, 11) is -4.52. The number of phenols is 1. The summed E-state index contributed by atoms with van der Waals surface area (Å²) in [4.78, 5) is 28.3. The normalized spacial score (nSPS) is 12.0. The number of carbonyl (C=O) groups excluding carboxylic acids is 1. The molecule has 1 aliphatic carbocycles. The Morgan fingerprint density at radius 2 is 1.35 bits per heavy atom. The number of Topliss-reactive ketones (excluding diaryl/α,β-unsaturated/α-hetero) is 1. The van der Waals surface area contributed by atoms with Gasteiger partial charge in [0, 0.05) is 110 Å². The van der Waals surface area contributed by atoms with Gasteiger partial charge >= 0.3 is 7.82 Å². The molecule has 0 heterocycles. The maximum absolute atomic E-state index is 11.0. The van der Waals surface area contributed by atoms with Crippen LogP contribution in [0.2, 0.25) is 0 Å². The van der Waals surface area contributed by atoms with E-state index in [2.05, 4.69) is 22.7 Å². The molecule has 2 aromatic rings. The van der Waals surface area contributed by atoms with E-state index in [4.69, 9.17) is 26.7 Å². The van der Waals surface area contributed by atoms with Crippen molar-refractivity contribution in [2.75, 3.05) is 11.5 Å². The zero-order valence-corrected chi connectivity index (χ0v) is 31.0. The van der Waals surface area contributed by atoms with Crippen LogP contribution in [0.4, 0.5) is 11.4 Å². The first kappa shape index (κ1) is 41.4. The number of allylic oxidation sites excluding steroid dienone is 4. The van der Waals surface area contributed by atoms with Gasteiger partial charge in [-0.15, -0.1) is 51.6 Å². The maximum atomic E-state index is 11.0. The number of phosphoric ester groups is 1. The standard InChI is InChI=1S/C8H11NO4P.C8H10NO.C8H8NO.3Y/c1-5-3-7(9)4-6(2)8(5)13-14(10,11)12;2*1-5-3-7(9)4-6(2)8(5)10;;;/h3H,9H2,1-2H3,(H2,10,11,12);3,10H,9H2,1-2H3;3,9H,1-2H3;;;/q3*-1;;;. The average molecular weight is 753 g/mol. The van der Waals surface area contributed by atoms with Crippen molar-refractivity contribution in [1.82, 2.24) is 0 Å². The summed E-state index contributed by atoms with van der Waals surface area (Å²) in [6.07, 6.45) is 4.16. The fourth-order valence-corrected chi connectivity index (χ4v) is 3.46. The molecule has 0 unspecified atom stereocenters. The Morgan fingerprint density at radius 1 is 0.892 bits per heavy atom. The molecule has 3 rings (SSSR count). The Kier molecular flexibility index (Phi) is 20.5. The van der Waals surface area contributed by atoms with Gasteiger partial charge in [-0.05, 0) is 0 Å². The number of phosphoric acid groups is 1. The van der Waals surface area contributed by atoms with Crippen LogP contribution in [0.5, 0.6) is 11.5 Å². The molecule has 0 aromatic heterocycles. The van der Waals surface area contributed by atoms with E-state index in [0.717, 1.165) is 5.56 Å². The fourth-order valence-electron chi connectivity index (χ4n) is 2.95. The third-order valence-corrected chi connectivity index (χ3v) is 4.85. The predicted octanol–water partition coefficient (Wildman–Crippen LogP) is 3.83. The maximum Gasteiger partial charge on any atom is 0.512 e. The molecule has 0 saturated heterocycles. The number of nitrogens with one attached hydrogen (secondary N) is 1. The number of hydrogen-bond donors (Lipinski definition) is 6. The van der Waals surface area contributed by atoms with Crippen LogP contribution in [0.25, 0.3) is 0 Å². The van der Waals surface area contributed by atoms with E-state index in [1.807, 2.05) is 6.92 Å². The third-order valence-electron chi connectivity index (χ3n) is 4.43. The molecule has 8 N–H and O–H groups in total. The number of aryl methyl sites for hydroxylation is 4. The van der Waals surface area contributed by atoms with Gasteiger partial charge in [0.1, 0.15) is 0 Å². The summed E-state index contributed by atoms with van der Waals surface area (Å²) < 4.78 is 15.1. The van der Waals surface area contributed by atoms with Gasteiger partial charge < -0.3 is 31.3 Å². The van der Waals surface area contributed by atoms with Crippen molar-refractivity contribution >= 4 is 30.7 Å². The van der Waals surface area contributed by atoms with Crippen molar-refractivity contribution in [3.05, 3.63) is 69.8 Å². The summed E-state index contributed by atoms with van der Waals surface area (Å²) in [5.41, 5.74) is 15.9. The first-order chi connectivity index (χ1) is 15.5. The van der Waals surface area contributed by atoms with Gasteiger partial charge in [0.05, 0.1) is 5.78 Å². The second-order valence-electron chi connectivity index (χ2n) is 7.65. The summed E-state index contributed by atoms with van der Waals surface area (Å²) in [5.74, 6) is 0.415. The summed E-state index contributed by atoms with van der Waals surface area (Å²) in [6.45, 7) is 10.2. The Balaban J connectivity index is -0.000000459. The molecule has 1 aliphatic rings. The summed E-state index contributed by atoms with van der Waals surface area (Å²) in [6, 6.07) is 8.76. The Bertz CT molecular complexity index is 1160. The van der Waals surface area contributed by atoms with Crippen LogP contribution in [0.3, 0.4) is 0 Å². The molecule has 9 nitrogen and oxygen atoms in total. The number of rotatable bonds is 2. The van der Waals surface area contributed by atoms with Gasteiger partial charge in [-0.3, -0.25) is 9.79 Å². The molecule has 0 amide bonds. The molecule has 13 heteroatoms. The molecule has 0 atom stereocenters. The van der Waals surface area contributed by atoms with Crippen LogP contribution < -0.4 is 16.0 Å². The van der Waals surface area contributed by atoms with Crippen molar-refractivity contribution in [1.29, 1.82) is 5.41 Å². The van der Waals surface area contributed by atoms with Crippen LogP contribution in [-0.4, -0.2) is 26.4 Å². The Labute approximate surface area is 293 Å². The van der Waals surface area contributed by atoms with Crippen LogP contribution in [0.15, 0.2) is 29.4 Å². The number of phenolic OH excluding ortho intramolecular Hbond substituents is 1. The molecular weight excluding hydrogens is 724 g/mol. The van der Waals surface area contributed by atoms with E-state index in [0.29, 0.717) is 39.2 Å². The average Bonchev–Trinajstić information content (AvgIpc) is 2.67. The molecule has 2 aromatic carbocycles. The van der Waals surface area contributed by atoms with Crippen LogP contribution in [0, 0.1) is 51.3 Å². The quantitative estimate of drug-likeness (QED) is 0.0881. The van der Waals surface area contributed by atoms with E-state index < -0.39 is 7.82 Å². The van der Waals surface area contributed by atoms with Gasteiger partial charge in [-0.1, -0.05) is 58.6 Å². The Morgan fingerprint density at radius 3 is 1.76 bits per heavy atom. The largest absolute Gasteiger partial charge is 0.565 e. The minimum absolute atomic E-state index is 0. The molecule has 37 heavy (non-hydrogen) atoms. The van der Waals surface area contributed by atoms with E-state index in [9.17, 15) is 14.5 Å². The molecule has 0 saturated carbocycles. The number of benzene rings is 2. The second-order valence-corrected chi connectivity index (χ2v) is 8.81. The van der Waals surface area contributed by atoms with Crippen molar-refractivity contribution in [3.63, 3.8) is 0 Å². The van der Waals surface area contributed by atoms with Gasteiger partial charge in [0.25, 0.3) is 0 Å². The number of aromatic hydroxyl groups is 1. The minimum atomic E-state index is -4.52. The van der Waals surface area contributed by atoms with Gasteiger partial charge in [0.2, 0.25) is 0 Å². The van der Waals surface area contributed by atoms with Crippen LogP contribution in [-0.2, 0) is 107 Å².